The molecule has 0 aliphatic heterocycles. The fourth-order valence-corrected chi connectivity index (χ4v) is 1.23. The maximum absolute atomic E-state index is 8.29. The number of unbranched alkanes of at least 4 members (excludes halogenated alkanes) is 1. The summed E-state index contributed by atoms with van der Waals surface area (Å²) < 4.78 is 2.24. The third-order valence-electron chi connectivity index (χ3n) is 1.30. The molecule has 5 nitrogen and oxygen atoms in total. The van der Waals surface area contributed by atoms with E-state index in [1.165, 1.54) is 0 Å². The van der Waals surface area contributed by atoms with Gasteiger partial charge in [-0.15, -0.1) is 5.10 Å². The Balaban J connectivity index is 2.52. The van der Waals surface area contributed by atoms with Crippen molar-refractivity contribution in [1.29, 1.82) is 5.26 Å². The minimum atomic E-state index is 0.249. The first-order chi connectivity index (χ1) is 5.74. The van der Waals surface area contributed by atoms with Crippen LogP contribution in [0.25, 0.3) is 0 Å². The van der Waals surface area contributed by atoms with E-state index in [2.05, 4.69) is 32.1 Å². The minimum Gasteiger partial charge on any atom is -0.366 e. The number of hydrogen-bond donors (Lipinski definition) is 1. The molecule has 0 saturated carbocycles. The van der Waals surface area contributed by atoms with E-state index < -0.39 is 0 Å². The summed E-state index contributed by atoms with van der Waals surface area (Å²) in [7, 11) is 0. The molecule has 1 aromatic heterocycles. The molecule has 64 valence electrons. The van der Waals surface area contributed by atoms with Gasteiger partial charge in [-0.25, -0.2) is 4.68 Å². The van der Waals surface area contributed by atoms with Crippen LogP contribution in [0.4, 0.5) is 5.95 Å². The second-order valence-electron chi connectivity index (χ2n) is 2.22. The molecule has 0 aliphatic carbocycles. The zero-order valence-corrected chi connectivity index (χ0v) is 7.95. The number of nitrogen functional groups attached to an aromatic ring is 1. The molecular weight excluding hydrogens is 222 g/mol. The lowest BCUT2D eigenvalue weighted by Crippen LogP contribution is -2.00. The number of hydrogen-bond acceptors (Lipinski definition) is 4. The number of aryl methyl sites for hydroxylation is 1. The molecule has 1 aromatic rings. The molecule has 2 N–H and O–H groups in total. The van der Waals surface area contributed by atoms with Crippen molar-refractivity contribution in [1.82, 2.24) is 14.8 Å². The molecule has 0 spiro atoms. The summed E-state index contributed by atoms with van der Waals surface area (Å²) in [5, 5.41) is 12.2. The van der Waals surface area contributed by atoms with Crippen LogP contribution < -0.4 is 5.73 Å². The third-order valence-corrected chi connectivity index (χ3v) is 1.89. The van der Waals surface area contributed by atoms with E-state index in [-0.39, 0.29) is 5.95 Å². The van der Waals surface area contributed by atoms with Crippen molar-refractivity contribution < 1.29 is 0 Å². The molecule has 12 heavy (non-hydrogen) atoms. The maximum atomic E-state index is 8.29. The highest BCUT2D eigenvalue weighted by Gasteiger charge is 2.02. The second kappa shape index (κ2) is 4.07. The van der Waals surface area contributed by atoms with Gasteiger partial charge < -0.3 is 5.73 Å². The van der Waals surface area contributed by atoms with Gasteiger partial charge in [-0.3, -0.25) is 0 Å². The summed E-state index contributed by atoms with van der Waals surface area (Å²) in [5.41, 5.74) is 5.35. The molecule has 0 fully saturated rings. The van der Waals surface area contributed by atoms with Crippen molar-refractivity contribution in [2.24, 2.45) is 0 Å². The van der Waals surface area contributed by atoms with Crippen LogP contribution in [0.1, 0.15) is 12.8 Å². The molecule has 6 heteroatoms. The maximum Gasteiger partial charge on any atom is 0.240 e. The van der Waals surface area contributed by atoms with Crippen LogP contribution >= 0.6 is 15.9 Å². The Morgan fingerprint density at radius 1 is 1.67 bits per heavy atom. The first-order valence-corrected chi connectivity index (χ1v) is 4.26. The van der Waals surface area contributed by atoms with Crippen molar-refractivity contribution in [2.45, 2.75) is 19.4 Å². The Labute approximate surface area is 78.3 Å². The van der Waals surface area contributed by atoms with E-state index >= 15 is 0 Å². The number of aromatic nitrogens is 3. The van der Waals surface area contributed by atoms with Gasteiger partial charge >= 0.3 is 0 Å². The predicted octanol–water partition coefficient (Wildman–Crippen LogP) is 0.927. The van der Waals surface area contributed by atoms with Gasteiger partial charge in [0.15, 0.2) is 4.73 Å². The summed E-state index contributed by atoms with van der Waals surface area (Å²) in [6, 6.07) is 2.06. The standard InChI is InChI=1S/C6H8BrN5/c7-5-10-6(9)11-12(5)4-2-1-3-8/h1-2,4H2,(H2,9,11). The Morgan fingerprint density at radius 3 is 2.92 bits per heavy atom. The lowest BCUT2D eigenvalue weighted by Gasteiger charge is -1.96. The van der Waals surface area contributed by atoms with E-state index in [0.717, 1.165) is 6.42 Å². The second-order valence-corrected chi connectivity index (χ2v) is 2.93. The molecule has 0 unspecified atom stereocenters. The van der Waals surface area contributed by atoms with Crippen LogP contribution in [0.15, 0.2) is 4.73 Å². The minimum absolute atomic E-state index is 0.249. The summed E-state index contributed by atoms with van der Waals surface area (Å²) >= 11 is 3.20. The van der Waals surface area contributed by atoms with Crippen LogP contribution in [0.3, 0.4) is 0 Å². The molecule has 0 aliphatic rings. The van der Waals surface area contributed by atoms with Crippen LogP contribution in [0.2, 0.25) is 0 Å². The van der Waals surface area contributed by atoms with Crippen molar-refractivity contribution in [3.63, 3.8) is 0 Å². The van der Waals surface area contributed by atoms with E-state index in [4.69, 9.17) is 11.0 Å². The van der Waals surface area contributed by atoms with Crippen molar-refractivity contribution >= 4 is 21.9 Å². The summed E-state index contributed by atoms with van der Waals surface area (Å²) in [6.45, 7) is 0.665. The van der Waals surface area contributed by atoms with Crippen LogP contribution in [0, 0.1) is 11.3 Å². The molecule has 0 radical (unpaired) electrons. The molecule has 0 amide bonds. The Morgan fingerprint density at radius 2 is 2.42 bits per heavy atom. The lowest BCUT2D eigenvalue weighted by molar-refractivity contribution is 0.574. The number of nitrogens with two attached hydrogens (primary N) is 1. The topological polar surface area (TPSA) is 80.5 Å². The number of nitriles is 1. The molecule has 0 saturated heterocycles. The molecule has 1 rings (SSSR count). The van der Waals surface area contributed by atoms with Gasteiger partial charge in [0.2, 0.25) is 5.95 Å². The van der Waals surface area contributed by atoms with E-state index in [1.54, 1.807) is 4.68 Å². The molecule has 0 atom stereocenters. The van der Waals surface area contributed by atoms with Gasteiger partial charge in [0, 0.05) is 13.0 Å². The van der Waals surface area contributed by atoms with E-state index in [0.29, 0.717) is 17.7 Å². The summed E-state index contributed by atoms with van der Waals surface area (Å²) in [6.07, 6.45) is 1.28. The monoisotopic (exact) mass is 229 g/mol. The largest absolute Gasteiger partial charge is 0.366 e. The highest BCUT2D eigenvalue weighted by molar-refractivity contribution is 9.10. The van der Waals surface area contributed by atoms with Crippen LogP contribution in [-0.2, 0) is 6.54 Å². The van der Waals surface area contributed by atoms with Crippen molar-refractivity contribution in [3.05, 3.63) is 4.73 Å². The van der Waals surface area contributed by atoms with Crippen molar-refractivity contribution in [3.8, 4) is 6.07 Å². The average Bonchev–Trinajstić information content (AvgIpc) is 2.31. The number of nitrogens with zero attached hydrogens (tertiary/aromatic N) is 4. The first-order valence-electron chi connectivity index (χ1n) is 3.47. The Bertz CT molecular complexity index is 299. The van der Waals surface area contributed by atoms with Crippen LogP contribution in [0.5, 0.6) is 0 Å². The predicted molar refractivity (Wildman–Crippen MR) is 47.0 cm³/mol. The highest BCUT2D eigenvalue weighted by atomic mass is 79.9. The van der Waals surface area contributed by atoms with Gasteiger partial charge in [0.05, 0.1) is 6.07 Å². The SMILES string of the molecule is N#CCCCn1nc(N)nc1Br. The lowest BCUT2D eigenvalue weighted by atomic mass is 10.3. The Kier molecular flexibility index (Phi) is 3.05. The number of rotatable bonds is 3. The summed E-state index contributed by atoms with van der Waals surface area (Å²) in [4.78, 5) is 3.85. The van der Waals surface area contributed by atoms with Crippen LogP contribution in [-0.4, -0.2) is 14.8 Å². The van der Waals surface area contributed by atoms with Gasteiger partial charge in [-0.05, 0) is 22.4 Å². The summed E-state index contributed by atoms with van der Waals surface area (Å²) in [5.74, 6) is 0.249. The van der Waals surface area contributed by atoms with E-state index in [9.17, 15) is 0 Å². The normalized spacial score (nSPS) is 9.67. The van der Waals surface area contributed by atoms with Crippen molar-refractivity contribution in [2.75, 3.05) is 5.73 Å². The average molecular weight is 230 g/mol. The van der Waals surface area contributed by atoms with Gasteiger partial charge in [-0.2, -0.15) is 10.2 Å². The quantitative estimate of drug-likeness (QED) is 0.783. The smallest absolute Gasteiger partial charge is 0.240 e. The van der Waals surface area contributed by atoms with Gasteiger partial charge in [0.25, 0.3) is 0 Å². The molecule has 0 aromatic carbocycles. The Hall–Kier alpha value is -1.09. The zero-order valence-electron chi connectivity index (χ0n) is 6.37. The fraction of sp³-hybridized carbons (Fsp3) is 0.500. The molecular formula is C6H8BrN5. The number of halogens is 1. The first kappa shape index (κ1) is 9.00. The van der Waals surface area contributed by atoms with E-state index in [1.807, 2.05) is 0 Å². The van der Waals surface area contributed by atoms with Gasteiger partial charge in [-0.1, -0.05) is 0 Å². The fourth-order valence-electron chi connectivity index (χ4n) is 0.790. The number of anilines is 1. The zero-order chi connectivity index (χ0) is 8.97. The van der Waals surface area contributed by atoms with Gasteiger partial charge in [0.1, 0.15) is 0 Å². The third kappa shape index (κ3) is 2.20. The molecule has 0 bridgehead atoms. The highest BCUT2D eigenvalue weighted by Crippen LogP contribution is 2.08. The molecule has 1 heterocycles.